The van der Waals surface area contributed by atoms with Gasteiger partial charge in [-0.1, -0.05) is 62.4 Å². The summed E-state index contributed by atoms with van der Waals surface area (Å²) in [5, 5.41) is 0. The molecule has 35 heavy (non-hydrogen) atoms. The number of benzene rings is 3. The first-order valence-corrected chi connectivity index (χ1v) is 11.9. The first kappa shape index (κ1) is 22.8. The van der Waals surface area contributed by atoms with E-state index in [2.05, 4.69) is 64.8 Å². The van der Waals surface area contributed by atoms with Crippen LogP contribution < -0.4 is 4.74 Å². The number of ether oxygens (including phenoxy) is 1. The molecule has 0 aliphatic carbocycles. The molecule has 0 radical (unpaired) electrons. The minimum atomic E-state index is -0.245. The monoisotopic (exact) mass is 465 g/mol. The Bertz CT molecular complexity index is 1400. The molecule has 5 heteroatoms. The summed E-state index contributed by atoms with van der Waals surface area (Å²) in [5.74, 6) is 1.72. The van der Waals surface area contributed by atoms with Crippen LogP contribution in [0.1, 0.15) is 25.0 Å². The van der Waals surface area contributed by atoms with Crippen LogP contribution in [0.2, 0.25) is 0 Å². The van der Waals surface area contributed by atoms with Crippen molar-refractivity contribution in [2.45, 2.75) is 27.3 Å². The molecule has 5 rings (SSSR count). The lowest BCUT2D eigenvalue weighted by molar-refractivity contribution is 0.271. The number of hydrogen-bond acceptors (Lipinski definition) is 3. The Morgan fingerprint density at radius 2 is 1.54 bits per heavy atom. The van der Waals surface area contributed by atoms with Crippen LogP contribution in [-0.4, -0.2) is 21.1 Å². The number of fused-ring (bicyclic) bond motifs is 1. The molecule has 3 aromatic carbocycles. The Kier molecular flexibility index (Phi) is 6.32. The molecule has 0 saturated heterocycles. The van der Waals surface area contributed by atoms with Crippen LogP contribution >= 0.6 is 0 Å². The Morgan fingerprint density at radius 3 is 2.26 bits per heavy atom. The third-order valence-electron chi connectivity index (χ3n) is 6.03. The van der Waals surface area contributed by atoms with Crippen LogP contribution in [0.25, 0.3) is 33.9 Å². The number of halogens is 1. The molecule has 2 aliphatic heterocycles. The van der Waals surface area contributed by atoms with Crippen LogP contribution in [0.3, 0.4) is 0 Å². The summed E-state index contributed by atoms with van der Waals surface area (Å²) in [5.41, 5.74) is 6.40. The summed E-state index contributed by atoms with van der Waals surface area (Å²) in [7, 11) is 0. The number of rotatable bonds is 7. The summed E-state index contributed by atoms with van der Waals surface area (Å²) < 4.78 is 21.8. The molecule has 0 saturated carbocycles. The highest BCUT2D eigenvalue weighted by Gasteiger charge is 2.15. The molecule has 0 spiro atoms. The molecule has 0 amide bonds. The number of pyridine rings is 1. The average Bonchev–Trinajstić information content (AvgIpc) is 3.28. The van der Waals surface area contributed by atoms with E-state index in [0.717, 1.165) is 41.4 Å². The normalized spacial score (nSPS) is 11.3. The van der Waals surface area contributed by atoms with Gasteiger partial charge in [0.1, 0.15) is 17.3 Å². The minimum absolute atomic E-state index is 0.245. The third kappa shape index (κ3) is 5.09. The fourth-order valence-corrected chi connectivity index (χ4v) is 4.04. The summed E-state index contributed by atoms with van der Waals surface area (Å²) in [6, 6.07) is 23.8. The summed E-state index contributed by atoms with van der Waals surface area (Å²) in [4.78, 5) is 9.27. The van der Waals surface area contributed by atoms with E-state index in [-0.39, 0.29) is 5.82 Å². The highest BCUT2D eigenvalue weighted by Crippen LogP contribution is 2.28. The van der Waals surface area contributed by atoms with Crippen molar-refractivity contribution in [2.24, 2.45) is 5.92 Å². The van der Waals surface area contributed by atoms with Crippen molar-refractivity contribution < 1.29 is 9.13 Å². The zero-order valence-corrected chi connectivity index (χ0v) is 20.2. The van der Waals surface area contributed by atoms with E-state index in [1.165, 1.54) is 17.2 Å². The van der Waals surface area contributed by atoms with E-state index in [9.17, 15) is 4.39 Å². The fourth-order valence-electron chi connectivity index (χ4n) is 4.04. The summed E-state index contributed by atoms with van der Waals surface area (Å²) in [6.45, 7) is 7.48. The van der Waals surface area contributed by atoms with E-state index in [1.54, 1.807) is 13.0 Å². The van der Waals surface area contributed by atoms with Gasteiger partial charge in [-0.3, -0.25) is 0 Å². The second-order valence-electron chi connectivity index (χ2n) is 9.27. The van der Waals surface area contributed by atoms with E-state index < -0.39 is 0 Å². The van der Waals surface area contributed by atoms with Gasteiger partial charge in [0, 0.05) is 24.5 Å². The SMILES string of the molecule is Cc1c(F)cccc1-c1nc2ccn(Cc3ccc(-c4ccc(OCC(C)C)cc4)cc3)cc-2n1. The maximum Gasteiger partial charge on any atom is 0.160 e. The van der Waals surface area contributed by atoms with Crippen molar-refractivity contribution in [3.8, 4) is 39.7 Å². The molecule has 0 fully saturated rings. The third-order valence-corrected chi connectivity index (χ3v) is 6.03. The van der Waals surface area contributed by atoms with Crippen molar-refractivity contribution in [1.82, 2.24) is 14.5 Å². The highest BCUT2D eigenvalue weighted by atomic mass is 19.1. The molecule has 4 nitrogen and oxygen atoms in total. The molecule has 2 aliphatic rings. The molecule has 2 heterocycles. The average molecular weight is 466 g/mol. The largest absolute Gasteiger partial charge is 0.493 e. The predicted molar refractivity (Wildman–Crippen MR) is 138 cm³/mol. The quantitative estimate of drug-likeness (QED) is 0.254. The fraction of sp³-hybridized carbons (Fsp3) is 0.200. The van der Waals surface area contributed by atoms with Crippen molar-refractivity contribution in [3.63, 3.8) is 0 Å². The number of imidazole rings is 1. The molecule has 0 bridgehead atoms. The highest BCUT2D eigenvalue weighted by molar-refractivity contribution is 5.68. The number of aromatic nitrogens is 3. The van der Waals surface area contributed by atoms with Gasteiger partial charge in [0.15, 0.2) is 5.82 Å². The van der Waals surface area contributed by atoms with Crippen molar-refractivity contribution in [3.05, 3.63) is 102 Å². The smallest absolute Gasteiger partial charge is 0.160 e. The first-order valence-electron chi connectivity index (χ1n) is 11.9. The van der Waals surface area contributed by atoms with E-state index >= 15 is 0 Å². The van der Waals surface area contributed by atoms with E-state index in [4.69, 9.17) is 4.74 Å². The Morgan fingerprint density at radius 1 is 0.857 bits per heavy atom. The molecular weight excluding hydrogens is 437 g/mol. The second kappa shape index (κ2) is 9.71. The van der Waals surface area contributed by atoms with Gasteiger partial charge in [0.05, 0.1) is 12.3 Å². The van der Waals surface area contributed by atoms with E-state index in [1.807, 2.05) is 36.7 Å². The van der Waals surface area contributed by atoms with Gasteiger partial charge in [-0.25, -0.2) is 14.4 Å². The van der Waals surface area contributed by atoms with Crippen LogP contribution in [0.15, 0.2) is 85.2 Å². The zero-order chi connectivity index (χ0) is 24.4. The molecule has 0 unspecified atom stereocenters. The maximum atomic E-state index is 14.0. The van der Waals surface area contributed by atoms with Gasteiger partial charge in [0.2, 0.25) is 0 Å². The Hall–Kier alpha value is -3.99. The molecule has 0 N–H and O–H groups in total. The van der Waals surface area contributed by atoms with Crippen LogP contribution in [0, 0.1) is 18.7 Å². The van der Waals surface area contributed by atoms with Crippen LogP contribution in [0.5, 0.6) is 5.75 Å². The van der Waals surface area contributed by atoms with Gasteiger partial charge >= 0.3 is 0 Å². The summed E-state index contributed by atoms with van der Waals surface area (Å²) in [6.07, 6.45) is 3.99. The molecule has 0 aromatic heterocycles. The van der Waals surface area contributed by atoms with Gasteiger partial charge in [0.25, 0.3) is 0 Å². The number of hydrogen-bond donors (Lipinski definition) is 0. The molecule has 3 aromatic rings. The topological polar surface area (TPSA) is 39.9 Å². The lowest BCUT2D eigenvalue weighted by atomic mass is 10.0. The van der Waals surface area contributed by atoms with Crippen molar-refractivity contribution >= 4 is 0 Å². The lowest BCUT2D eigenvalue weighted by Crippen LogP contribution is -2.04. The molecule has 176 valence electrons. The summed E-state index contributed by atoms with van der Waals surface area (Å²) >= 11 is 0. The molecular formula is C30H28FN3O. The first-order chi connectivity index (χ1) is 17.0. The van der Waals surface area contributed by atoms with Crippen molar-refractivity contribution in [2.75, 3.05) is 6.61 Å². The second-order valence-corrected chi connectivity index (χ2v) is 9.27. The van der Waals surface area contributed by atoms with Gasteiger partial charge in [-0.15, -0.1) is 0 Å². The van der Waals surface area contributed by atoms with Crippen LogP contribution in [-0.2, 0) is 6.54 Å². The van der Waals surface area contributed by atoms with Gasteiger partial charge < -0.3 is 9.30 Å². The van der Waals surface area contributed by atoms with E-state index in [0.29, 0.717) is 17.3 Å². The standard InChI is InChI=1S/C30H28FN3O/c1-20(2)19-35-25-13-11-24(12-14-25)23-9-7-22(8-10-23)17-34-16-15-28-29(18-34)33-30(32-28)26-5-4-6-27(31)21(26)3/h4-16,18,20H,17,19H2,1-3H3. The lowest BCUT2D eigenvalue weighted by Gasteiger charge is -2.10. The van der Waals surface area contributed by atoms with Gasteiger partial charge in [-0.2, -0.15) is 0 Å². The molecule has 0 atom stereocenters. The number of nitrogens with zero attached hydrogens (tertiary/aromatic N) is 3. The Balaban J connectivity index is 1.30. The zero-order valence-electron chi connectivity index (χ0n) is 20.2. The van der Waals surface area contributed by atoms with Crippen LogP contribution in [0.4, 0.5) is 4.39 Å². The minimum Gasteiger partial charge on any atom is -0.493 e. The van der Waals surface area contributed by atoms with Crippen molar-refractivity contribution in [1.29, 1.82) is 0 Å². The Labute approximate surface area is 205 Å². The predicted octanol–water partition coefficient (Wildman–Crippen LogP) is 7.25. The maximum absolute atomic E-state index is 14.0. The van der Waals surface area contributed by atoms with Gasteiger partial charge in [-0.05, 0) is 59.4 Å².